The fourth-order valence-corrected chi connectivity index (χ4v) is 2.22. The first-order valence-corrected chi connectivity index (χ1v) is 6.32. The Morgan fingerprint density at radius 2 is 1.89 bits per heavy atom. The summed E-state index contributed by atoms with van der Waals surface area (Å²) in [5.41, 5.74) is 0.936. The van der Waals surface area contributed by atoms with Gasteiger partial charge in [0.2, 0.25) is 0 Å². The first-order valence-electron chi connectivity index (χ1n) is 5.94. The van der Waals surface area contributed by atoms with Gasteiger partial charge in [-0.25, -0.2) is 4.39 Å². The fourth-order valence-electron chi connectivity index (χ4n) is 2.10. The van der Waals surface area contributed by atoms with Gasteiger partial charge in [0.25, 0.3) is 0 Å². The minimum Gasteiger partial charge on any atom is -0.297 e. The SMILES string of the molecule is N#CCN1CCN(Cc2ccc(Cl)c(F)c2)CC1. The summed E-state index contributed by atoms with van der Waals surface area (Å²) in [6.45, 7) is 4.82. The summed E-state index contributed by atoms with van der Waals surface area (Å²) >= 11 is 5.65. The van der Waals surface area contributed by atoms with Gasteiger partial charge in [-0.05, 0) is 17.7 Å². The van der Waals surface area contributed by atoms with Crippen molar-refractivity contribution in [3.05, 3.63) is 34.6 Å². The van der Waals surface area contributed by atoms with E-state index in [1.54, 1.807) is 6.07 Å². The molecule has 5 heteroatoms. The summed E-state index contributed by atoms with van der Waals surface area (Å²) in [6.07, 6.45) is 0. The van der Waals surface area contributed by atoms with Crippen molar-refractivity contribution in [3.8, 4) is 6.07 Å². The van der Waals surface area contributed by atoms with Crippen molar-refractivity contribution in [1.29, 1.82) is 5.26 Å². The molecule has 1 heterocycles. The summed E-state index contributed by atoms with van der Waals surface area (Å²) in [7, 11) is 0. The van der Waals surface area contributed by atoms with Gasteiger partial charge in [-0.2, -0.15) is 5.26 Å². The third-order valence-electron chi connectivity index (χ3n) is 3.15. The molecule has 0 aromatic heterocycles. The van der Waals surface area contributed by atoms with Gasteiger partial charge < -0.3 is 0 Å². The second-order valence-corrected chi connectivity index (χ2v) is 4.87. The maximum Gasteiger partial charge on any atom is 0.142 e. The second-order valence-electron chi connectivity index (χ2n) is 4.46. The molecule has 2 rings (SSSR count). The molecule has 0 atom stereocenters. The first-order chi connectivity index (χ1) is 8.69. The summed E-state index contributed by atoms with van der Waals surface area (Å²) < 4.78 is 13.3. The predicted octanol–water partition coefficient (Wildman–Crippen LogP) is 2.12. The van der Waals surface area contributed by atoms with Crippen molar-refractivity contribution < 1.29 is 4.39 Å². The molecule has 0 saturated carbocycles. The molecule has 0 unspecified atom stereocenters. The number of benzene rings is 1. The lowest BCUT2D eigenvalue weighted by Gasteiger charge is -2.33. The molecule has 0 amide bonds. The van der Waals surface area contributed by atoms with E-state index in [4.69, 9.17) is 16.9 Å². The van der Waals surface area contributed by atoms with Gasteiger partial charge in [0.1, 0.15) is 5.82 Å². The second kappa shape index (κ2) is 6.14. The van der Waals surface area contributed by atoms with E-state index in [0.29, 0.717) is 6.54 Å². The largest absolute Gasteiger partial charge is 0.297 e. The van der Waals surface area contributed by atoms with Crippen LogP contribution in [0.4, 0.5) is 4.39 Å². The van der Waals surface area contributed by atoms with Crippen molar-refractivity contribution in [1.82, 2.24) is 9.80 Å². The van der Waals surface area contributed by atoms with Crippen LogP contribution in [-0.2, 0) is 6.54 Å². The minimum absolute atomic E-state index is 0.164. The molecular formula is C13H15ClFN3. The summed E-state index contributed by atoms with van der Waals surface area (Å²) in [4.78, 5) is 4.38. The zero-order chi connectivity index (χ0) is 13.0. The lowest BCUT2D eigenvalue weighted by Crippen LogP contribution is -2.45. The Kier molecular flexibility index (Phi) is 4.54. The van der Waals surface area contributed by atoms with Crippen LogP contribution in [0.2, 0.25) is 5.02 Å². The van der Waals surface area contributed by atoms with E-state index in [1.165, 1.54) is 6.07 Å². The third-order valence-corrected chi connectivity index (χ3v) is 3.46. The van der Waals surface area contributed by atoms with Gasteiger partial charge in [0, 0.05) is 32.7 Å². The van der Waals surface area contributed by atoms with Crippen molar-refractivity contribution in [3.63, 3.8) is 0 Å². The molecule has 1 aliphatic heterocycles. The van der Waals surface area contributed by atoms with Crippen LogP contribution in [0.3, 0.4) is 0 Å². The number of nitrogens with zero attached hydrogens (tertiary/aromatic N) is 3. The Bertz CT molecular complexity index is 450. The molecule has 1 aliphatic rings. The van der Waals surface area contributed by atoms with Crippen LogP contribution in [0.15, 0.2) is 18.2 Å². The molecule has 1 fully saturated rings. The van der Waals surface area contributed by atoms with Crippen LogP contribution < -0.4 is 0 Å². The number of rotatable bonds is 3. The van der Waals surface area contributed by atoms with Gasteiger partial charge in [-0.1, -0.05) is 17.7 Å². The minimum atomic E-state index is -0.364. The molecular weight excluding hydrogens is 253 g/mol. The molecule has 0 radical (unpaired) electrons. The van der Waals surface area contributed by atoms with Crippen LogP contribution in [-0.4, -0.2) is 42.5 Å². The topological polar surface area (TPSA) is 30.3 Å². The van der Waals surface area contributed by atoms with Gasteiger partial charge in [-0.15, -0.1) is 0 Å². The standard InChI is InChI=1S/C13H15ClFN3/c14-12-2-1-11(9-13(12)15)10-18-7-5-17(4-3-16)6-8-18/h1-2,9H,4-8,10H2. The van der Waals surface area contributed by atoms with Crippen molar-refractivity contribution in [2.24, 2.45) is 0 Å². The van der Waals surface area contributed by atoms with E-state index in [9.17, 15) is 4.39 Å². The van der Waals surface area contributed by atoms with Gasteiger partial charge >= 0.3 is 0 Å². The number of halogens is 2. The van der Waals surface area contributed by atoms with Gasteiger partial charge in [0.15, 0.2) is 0 Å². The molecule has 96 valence electrons. The number of piperazine rings is 1. The number of hydrogen-bond acceptors (Lipinski definition) is 3. The Hall–Kier alpha value is -1.15. The number of nitriles is 1. The maximum absolute atomic E-state index is 13.3. The molecule has 3 nitrogen and oxygen atoms in total. The Morgan fingerprint density at radius 1 is 1.22 bits per heavy atom. The molecule has 1 aromatic rings. The maximum atomic E-state index is 13.3. The van der Waals surface area contributed by atoms with E-state index < -0.39 is 0 Å². The van der Waals surface area contributed by atoms with Gasteiger partial charge in [-0.3, -0.25) is 9.80 Å². The predicted molar refractivity (Wildman–Crippen MR) is 68.7 cm³/mol. The van der Waals surface area contributed by atoms with E-state index in [-0.39, 0.29) is 10.8 Å². The van der Waals surface area contributed by atoms with Crippen LogP contribution in [0.1, 0.15) is 5.56 Å². The fraction of sp³-hybridized carbons (Fsp3) is 0.462. The number of hydrogen-bond donors (Lipinski definition) is 0. The third kappa shape index (κ3) is 3.42. The van der Waals surface area contributed by atoms with E-state index in [0.717, 1.165) is 38.3 Å². The van der Waals surface area contributed by atoms with Crippen molar-refractivity contribution >= 4 is 11.6 Å². The Balaban J connectivity index is 1.88. The van der Waals surface area contributed by atoms with E-state index in [2.05, 4.69) is 15.9 Å². The average Bonchev–Trinajstić information content (AvgIpc) is 2.37. The Labute approximate surface area is 111 Å². The molecule has 18 heavy (non-hydrogen) atoms. The highest BCUT2D eigenvalue weighted by molar-refractivity contribution is 6.30. The van der Waals surface area contributed by atoms with Crippen LogP contribution in [0.25, 0.3) is 0 Å². The summed E-state index contributed by atoms with van der Waals surface area (Å²) in [5, 5.41) is 8.78. The molecule has 1 saturated heterocycles. The van der Waals surface area contributed by atoms with E-state index >= 15 is 0 Å². The van der Waals surface area contributed by atoms with Crippen LogP contribution in [0, 0.1) is 17.1 Å². The molecule has 1 aromatic carbocycles. The lowest BCUT2D eigenvalue weighted by molar-refractivity contribution is 0.138. The van der Waals surface area contributed by atoms with Crippen LogP contribution >= 0.6 is 11.6 Å². The highest BCUT2D eigenvalue weighted by atomic mass is 35.5. The smallest absolute Gasteiger partial charge is 0.142 e. The highest BCUT2D eigenvalue weighted by Gasteiger charge is 2.16. The van der Waals surface area contributed by atoms with E-state index in [1.807, 2.05) is 6.07 Å². The summed E-state index contributed by atoms with van der Waals surface area (Å²) in [6, 6.07) is 7.10. The van der Waals surface area contributed by atoms with Crippen molar-refractivity contribution in [2.75, 3.05) is 32.7 Å². The zero-order valence-corrected chi connectivity index (χ0v) is 10.8. The molecule has 0 aliphatic carbocycles. The zero-order valence-electron chi connectivity index (χ0n) is 10.1. The molecule has 0 N–H and O–H groups in total. The summed E-state index contributed by atoms with van der Waals surface area (Å²) in [5.74, 6) is -0.364. The molecule has 0 spiro atoms. The van der Waals surface area contributed by atoms with Crippen molar-refractivity contribution in [2.45, 2.75) is 6.54 Å². The lowest BCUT2D eigenvalue weighted by atomic mass is 10.2. The monoisotopic (exact) mass is 267 g/mol. The Morgan fingerprint density at radius 3 is 2.50 bits per heavy atom. The highest BCUT2D eigenvalue weighted by Crippen LogP contribution is 2.17. The normalized spacial score (nSPS) is 17.6. The molecule has 0 bridgehead atoms. The quantitative estimate of drug-likeness (QED) is 0.786. The average molecular weight is 268 g/mol. The first kappa shape index (κ1) is 13.3. The van der Waals surface area contributed by atoms with Crippen LogP contribution in [0.5, 0.6) is 0 Å². The van der Waals surface area contributed by atoms with Gasteiger partial charge in [0.05, 0.1) is 17.6 Å².